The molecule has 2 bridgehead atoms. The zero-order valence-electron chi connectivity index (χ0n) is 15.2. The summed E-state index contributed by atoms with van der Waals surface area (Å²) in [5, 5.41) is 1.34. The van der Waals surface area contributed by atoms with Crippen LogP contribution >= 0.6 is 23.4 Å². The number of ether oxygens (including phenoxy) is 1. The molecule has 0 amide bonds. The van der Waals surface area contributed by atoms with Crippen LogP contribution in [-0.4, -0.2) is 23.0 Å². The topological polar surface area (TPSA) is 56.3 Å². The molecule has 0 spiro atoms. The van der Waals surface area contributed by atoms with E-state index in [9.17, 15) is 9.59 Å². The van der Waals surface area contributed by atoms with Crippen molar-refractivity contribution in [1.82, 2.24) is 4.98 Å². The van der Waals surface area contributed by atoms with Crippen LogP contribution in [0.1, 0.15) is 37.7 Å². The van der Waals surface area contributed by atoms with Crippen molar-refractivity contribution >= 4 is 46.0 Å². The molecule has 2 fully saturated rings. The number of benzene rings is 1. The molecule has 1 aromatic carbocycles. The molecule has 2 aromatic rings. The second kappa shape index (κ2) is 7.80. The van der Waals surface area contributed by atoms with Gasteiger partial charge in [-0.15, -0.1) is 11.8 Å². The van der Waals surface area contributed by atoms with E-state index in [4.69, 9.17) is 16.3 Å². The van der Waals surface area contributed by atoms with Crippen LogP contribution in [0.15, 0.2) is 29.2 Å². The minimum absolute atomic E-state index is 0.0478. The minimum Gasteiger partial charge on any atom is -0.460 e. The number of thioether (sulfide) groups is 1. The number of hydrogen-bond donors (Lipinski definition) is 0. The Kier molecular flexibility index (Phi) is 5.42. The smallest absolute Gasteiger partial charge is 0.309 e. The van der Waals surface area contributed by atoms with E-state index in [0.717, 1.165) is 35.1 Å². The third-order valence-electron chi connectivity index (χ3n) is 5.80. The number of carbonyl (C=O) groups excluding carboxylic acids is 2. The van der Waals surface area contributed by atoms with Gasteiger partial charge in [-0.2, -0.15) is 0 Å². The highest BCUT2D eigenvalue weighted by Crippen LogP contribution is 2.40. The van der Waals surface area contributed by atoms with E-state index in [2.05, 4.69) is 4.98 Å². The van der Waals surface area contributed by atoms with E-state index in [1.54, 1.807) is 11.8 Å². The molecule has 4 rings (SSSR count). The molecule has 0 aliphatic heterocycles. The fourth-order valence-corrected chi connectivity index (χ4v) is 4.97. The van der Waals surface area contributed by atoms with E-state index >= 15 is 0 Å². The molecule has 0 N–H and O–H groups in total. The molecule has 27 heavy (non-hydrogen) atoms. The fraction of sp³-hybridized carbons (Fsp3) is 0.476. The van der Waals surface area contributed by atoms with E-state index < -0.39 is 0 Å². The number of pyridine rings is 1. The summed E-state index contributed by atoms with van der Waals surface area (Å²) < 4.78 is 5.56. The van der Waals surface area contributed by atoms with Crippen molar-refractivity contribution < 1.29 is 14.3 Å². The SMILES string of the molecule is CSc1ccc2cc(COC(=O)C3C[C@H]4CCC[C@@H](C3)C4=O)c(Cl)nc2c1. The Bertz CT molecular complexity index is 884. The maximum Gasteiger partial charge on any atom is 0.309 e. The Morgan fingerprint density at radius 2 is 2.00 bits per heavy atom. The summed E-state index contributed by atoms with van der Waals surface area (Å²) in [7, 11) is 0. The van der Waals surface area contributed by atoms with Gasteiger partial charge >= 0.3 is 5.97 Å². The summed E-state index contributed by atoms with van der Waals surface area (Å²) in [5.41, 5.74) is 1.54. The van der Waals surface area contributed by atoms with Gasteiger partial charge in [-0.1, -0.05) is 24.1 Å². The van der Waals surface area contributed by atoms with Crippen LogP contribution in [0.4, 0.5) is 0 Å². The van der Waals surface area contributed by atoms with Gasteiger partial charge in [0, 0.05) is 27.7 Å². The highest BCUT2D eigenvalue weighted by atomic mass is 35.5. The van der Waals surface area contributed by atoms with Gasteiger partial charge in [0.2, 0.25) is 0 Å². The molecule has 142 valence electrons. The molecule has 1 unspecified atom stereocenters. The number of aromatic nitrogens is 1. The minimum atomic E-state index is -0.215. The van der Waals surface area contributed by atoms with Crippen molar-refractivity contribution in [3.63, 3.8) is 0 Å². The van der Waals surface area contributed by atoms with E-state index in [1.807, 2.05) is 30.5 Å². The number of ketones is 1. The van der Waals surface area contributed by atoms with Crippen LogP contribution in [-0.2, 0) is 20.9 Å². The Morgan fingerprint density at radius 3 is 2.70 bits per heavy atom. The lowest BCUT2D eigenvalue weighted by Crippen LogP contribution is -2.39. The van der Waals surface area contributed by atoms with E-state index in [0.29, 0.717) is 29.3 Å². The summed E-state index contributed by atoms with van der Waals surface area (Å²) in [6.45, 7) is 0.116. The van der Waals surface area contributed by atoms with Gasteiger partial charge in [-0.25, -0.2) is 4.98 Å². The van der Waals surface area contributed by atoms with Crippen LogP contribution in [0, 0.1) is 17.8 Å². The number of carbonyl (C=O) groups is 2. The second-order valence-corrected chi connectivity index (χ2v) is 8.74. The normalized spacial score (nSPS) is 24.8. The van der Waals surface area contributed by atoms with Gasteiger partial charge in [0.05, 0.1) is 11.4 Å². The highest BCUT2D eigenvalue weighted by Gasteiger charge is 2.41. The summed E-state index contributed by atoms with van der Waals surface area (Å²) in [5.74, 6) is 0.0671. The molecule has 3 atom stereocenters. The Balaban J connectivity index is 1.44. The summed E-state index contributed by atoms with van der Waals surface area (Å²) in [6, 6.07) is 7.97. The van der Waals surface area contributed by atoms with Crippen molar-refractivity contribution in [2.24, 2.45) is 17.8 Å². The first-order chi connectivity index (χ1) is 13.0. The molecule has 0 radical (unpaired) electrons. The first-order valence-electron chi connectivity index (χ1n) is 9.38. The molecule has 0 saturated heterocycles. The summed E-state index contributed by atoms with van der Waals surface area (Å²) in [6.07, 6.45) is 6.21. The van der Waals surface area contributed by atoms with Gasteiger partial charge in [-0.3, -0.25) is 9.59 Å². The van der Waals surface area contributed by atoms with Gasteiger partial charge in [-0.05, 0) is 50.1 Å². The lowest BCUT2D eigenvalue weighted by atomic mass is 9.67. The quantitative estimate of drug-likeness (QED) is 0.406. The summed E-state index contributed by atoms with van der Waals surface area (Å²) in [4.78, 5) is 30.3. The third kappa shape index (κ3) is 3.85. The molecule has 6 heteroatoms. The Hall–Kier alpha value is -1.59. The molecule has 2 aliphatic carbocycles. The maximum atomic E-state index is 12.6. The molecule has 4 nitrogen and oxygen atoms in total. The Morgan fingerprint density at radius 1 is 1.26 bits per heavy atom. The first-order valence-corrected chi connectivity index (χ1v) is 11.0. The molecule has 1 aromatic heterocycles. The van der Waals surface area contributed by atoms with E-state index in [-0.39, 0.29) is 30.3 Å². The molecule has 2 saturated carbocycles. The third-order valence-corrected chi connectivity index (χ3v) is 6.85. The second-order valence-electron chi connectivity index (χ2n) is 7.50. The van der Waals surface area contributed by atoms with Crippen LogP contribution < -0.4 is 0 Å². The maximum absolute atomic E-state index is 12.6. The molecular weight excluding hydrogens is 382 g/mol. The number of halogens is 1. The molecule has 2 aliphatic rings. The van der Waals surface area contributed by atoms with E-state index in [1.165, 1.54) is 0 Å². The first kappa shape index (κ1) is 18.8. The lowest BCUT2D eigenvalue weighted by molar-refractivity contribution is -0.154. The zero-order valence-corrected chi connectivity index (χ0v) is 16.8. The van der Waals surface area contributed by atoms with Crippen molar-refractivity contribution in [3.8, 4) is 0 Å². The average molecular weight is 404 g/mol. The number of hydrogen-bond acceptors (Lipinski definition) is 5. The van der Waals surface area contributed by atoms with Crippen LogP contribution in [0.5, 0.6) is 0 Å². The number of nitrogens with zero attached hydrogens (tertiary/aromatic N) is 1. The van der Waals surface area contributed by atoms with Crippen molar-refractivity contribution in [3.05, 3.63) is 35.0 Å². The number of rotatable bonds is 4. The van der Waals surface area contributed by atoms with Crippen molar-refractivity contribution in [2.75, 3.05) is 6.26 Å². The highest BCUT2D eigenvalue weighted by molar-refractivity contribution is 7.98. The zero-order chi connectivity index (χ0) is 19.0. The van der Waals surface area contributed by atoms with Crippen LogP contribution in [0.25, 0.3) is 10.9 Å². The van der Waals surface area contributed by atoms with Gasteiger partial charge in [0.1, 0.15) is 17.5 Å². The Labute approximate surface area is 168 Å². The van der Waals surface area contributed by atoms with Gasteiger partial charge in [0.25, 0.3) is 0 Å². The molecular formula is C21H22ClNO3S. The van der Waals surface area contributed by atoms with Crippen LogP contribution in [0.3, 0.4) is 0 Å². The summed E-state index contributed by atoms with van der Waals surface area (Å²) >= 11 is 7.97. The van der Waals surface area contributed by atoms with Gasteiger partial charge < -0.3 is 4.74 Å². The van der Waals surface area contributed by atoms with Crippen molar-refractivity contribution in [1.29, 1.82) is 0 Å². The predicted octanol–water partition coefficient (Wildman–Crippen LogP) is 5.05. The molecule has 1 heterocycles. The fourth-order valence-electron chi connectivity index (χ4n) is 4.33. The lowest BCUT2D eigenvalue weighted by Gasteiger charge is -2.36. The monoisotopic (exact) mass is 403 g/mol. The predicted molar refractivity (Wildman–Crippen MR) is 107 cm³/mol. The number of esters is 1. The number of fused-ring (bicyclic) bond motifs is 3. The number of Topliss-reactive ketones (excluding diaryl/α,β-unsaturated/α-hetero) is 1. The van der Waals surface area contributed by atoms with Crippen molar-refractivity contribution in [2.45, 2.75) is 43.6 Å². The standard InChI is InChI=1S/C21H22ClNO3S/c1-27-17-6-5-12-7-16(20(22)23-18(12)10-17)11-26-21(25)15-8-13-3-2-4-14(9-15)19(13)24/h5-7,10,13-15H,2-4,8-9,11H2,1H3/t13-,14+,15?. The van der Waals surface area contributed by atoms with Crippen LogP contribution in [0.2, 0.25) is 5.15 Å². The average Bonchev–Trinajstić information content (AvgIpc) is 2.65. The van der Waals surface area contributed by atoms with Gasteiger partial charge in [0.15, 0.2) is 0 Å². The largest absolute Gasteiger partial charge is 0.460 e.